The van der Waals surface area contributed by atoms with Crippen molar-refractivity contribution in [3.05, 3.63) is 90.2 Å². The van der Waals surface area contributed by atoms with E-state index in [0.29, 0.717) is 6.42 Å². The molecular weight excluding hydrogens is 326 g/mol. The zero-order valence-corrected chi connectivity index (χ0v) is 14.1. The van der Waals surface area contributed by atoms with Crippen LogP contribution in [0.1, 0.15) is 11.1 Å². The Kier molecular flexibility index (Phi) is 4.33. The molecule has 1 aromatic carbocycles. The molecule has 1 aromatic heterocycles. The molecule has 0 saturated heterocycles. The minimum absolute atomic E-state index is 0.0287. The van der Waals surface area contributed by atoms with E-state index < -0.39 is 6.04 Å². The third kappa shape index (κ3) is 3.27. The third-order valence-electron chi connectivity index (χ3n) is 4.56. The zero-order valence-electron chi connectivity index (χ0n) is 14.1. The molecule has 0 bridgehead atoms. The molecule has 1 aliphatic carbocycles. The van der Waals surface area contributed by atoms with E-state index >= 15 is 0 Å². The molecule has 0 fully saturated rings. The van der Waals surface area contributed by atoms with E-state index in [1.165, 1.54) is 6.33 Å². The van der Waals surface area contributed by atoms with Crippen LogP contribution in [0, 0.1) is 0 Å². The van der Waals surface area contributed by atoms with E-state index in [1.54, 1.807) is 12.4 Å². The summed E-state index contributed by atoms with van der Waals surface area (Å²) < 4.78 is 0. The summed E-state index contributed by atoms with van der Waals surface area (Å²) in [4.78, 5) is 20.2. The van der Waals surface area contributed by atoms with Gasteiger partial charge in [0.05, 0.1) is 6.04 Å². The van der Waals surface area contributed by atoms with Gasteiger partial charge in [-0.15, -0.1) is 0 Å². The third-order valence-corrected chi connectivity index (χ3v) is 4.56. The number of carbonyl (C=O) groups excluding carboxylic acids is 1. The molecule has 6 nitrogen and oxygen atoms in total. The number of nitrogens with zero attached hydrogens (tertiary/aromatic N) is 3. The van der Waals surface area contributed by atoms with Gasteiger partial charge in [-0.1, -0.05) is 42.5 Å². The SMILES string of the molecule is NC(=O)C(Cc1ccccc1)N1C=C2C=C(c3cncnc3)C=CC2N1. The van der Waals surface area contributed by atoms with Gasteiger partial charge in [-0.3, -0.25) is 4.79 Å². The number of carbonyl (C=O) groups is 1. The number of hydrazine groups is 1. The molecule has 130 valence electrons. The Bertz CT molecular complexity index is 889. The number of amides is 1. The van der Waals surface area contributed by atoms with E-state index in [9.17, 15) is 4.79 Å². The Balaban J connectivity index is 1.57. The Hall–Kier alpha value is -3.25. The normalized spacial score (nSPS) is 19.5. The number of rotatable bonds is 5. The molecule has 0 saturated carbocycles. The summed E-state index contributed by atoms with van der Waals surface area (Å²) in [6, 6.07) is 9.45. The van der Waals surface area contributed by atoms with Gasteiger partial charge < -0.3 is 10.7 Å². The van der Waals surface area contributed by atoms with Crippen LogP contribution in [0.25, 0.3) is 5.57 Å². The van der Waals surface area contributed by atoms with Gasteiger partial charge in [0.15, 0.2) is 0 Å². The lowest BCUT2D eigenvalue weighted by atomic mass is 9.96. The van der Waals surface area contributed by atoms with Gasteiger partial charge in [-0.2, -0.15) is 0 Å². The average Bonchev–Trinajstić information content (AvgIpc) is 3.10. The summed E-state index contributed by atoms with van der Waals surface area (Å²) in [5.41, 5.74) is 13.2. The van der Waals surface area contributed by atoms with Crippen molar-refractivity contribution in [3.8, 4) is 0 Å². The number of primary amides is 1. The van der Waals surface area contributed by atoms with E-state index in [-0.39, 0.29) is 11.9 Å². The first-order valence-corrected chi connectivity index (χ1v) is 8.45. The average molecular weight is 345 g/mol. The van der Waals surface area contributed by atoms with Crippen molar-refractivity contribution in [3.63, 3.8) is 0 Å². The van der Waals surface area contributed by atoms with Crippen LogP contribution in [-0.2, 0) is 11.2 Å². The molecule has 2 atom stereocenters. The Morgan fingerprint density at radius 2 is 2.00 bits per heavy atom. The summed E-state index contributed by atoms with van der Waals surface area (Å²) in [5.74, 6) is -0.360. The maximum Gasteiger partial charge on any atom is 0.242 e. The van der Waals surface area contributed by atoms with Crippen molar-refractivity contribution in [1.82, 2.24) is 20.4 Å². The monoisotopic (exact) mass is 345 g/mol. The quantitative estimate of drug-likeness (QED) is 0.860. The summed E-state index contributed by atoms with van der Waals surface area (Å²) >= 11 is 0. The Morgan fingerprint density at radius 1 is 1.23 bits per heavy atom. The van der Waals surface area contributed by atoms with E-state index in [1.807, 2.05) is 47.6 Å². The second-order valence-corrected chi connectivity index (χ2v) is 6.34. The molecule has 26 heavy (non-hydrogen) atoms. The fourth-order valence-electron chi connectivity index (χ4n) is 3.20. The van der Waals surface area contributed by atoms with Gasteiger partial charge in [0, 0.05) is 30.6 Å². The fraction of sp³-hybridized carbons (Fsp3) is 0.150. The van der Waals surface area contributed by atoms with Gasteiger partial charge in [-0.25, -0.2) is 15.4 Å². The maximum absolute atomic E-state index is 12.0. The lowest BCUT2D eigenvalue weighted by Gasteiger charge is -2.26. The number of benzene rings is 1. The highest BCUT2D eigenvalue weighted by atomic mass is 16.1. The number of nitrogens with two attached hydrogens (primary N) is 1. The lowest BCUT2D eigenvalue weighted by molar-refractivity contribution is -0.123. The van der Waals surface area contributed by atoms with Crippen molar-refractivity contribution in [2.45, 2.75) is 18.5 Å². The second-order valence-electron chi connectivity index (χ2n) is 6.34. The molecule has 3 N–H and O–H groups in total. The van der Waals surface area contributed by atoms with Crippen LogP contribution in [0.2, 0.25) is 0 Å². The number of aromatic nitrogens is 2. The van der Waals surface area contributed by atoms with Gasteiger partial charge in [0.1, 0.15) is 12.4 Å². The van der Waals surface area contributed by atoms with E-state index in [2.05, 4.69) is 27.5 Å². The Labute approximate surface area is 151 Å². The van der Waals surface area contributed by atoms with Crippen molar-refractivity contribution in [2.24, 2.45) is 5.73 Å². The standard InChI is InChI=1S/C20H19N5O/c21-20(26)19(8-14-4-2-1-3-5-14)25-12-16-9-15(6-7-18(16)24-25)17-10-22-13-23-11-17/h1-7,9-13,18-19,24H,8H2,(H2,21,26). The second kappa shape index (κ2) is 6.93. The molecule has 0 radical (unpaired) electrons. The number of nitrogens with one attached hydrogen (secondary N) is 1. The van der Waals surface area contributed by atoms with Crippen LogP contribution in [0.3, 0.4) is 0 Å². The van der Waals surface area contributed by atoms with Crippen molar-refractivity contribution in [2.75, 3.05) is 0 Å². The predicted molar refractivity (Wildman–Crippen MR) is 99.1 cm³/mol. The van der Waals surface area contributed by atoms with Crippen molar-refractivity contribution < 1.29 is 4.79 Å². The molecule has 2 aromatic rings. The lowest BCUT2D eigenvalue weighted by Crippen LogP contribution is -2.49. The highest BCUT2D eigenvalue weighted by Crippen LogP contribution is 2.28. The molecule has 2 heterocycles. The number of allylic oxidation sites excluding steroid dienone is 2. The van der Waals surface area contributed by atoms with Crippen molar-refractivity contribution in [1.29, 1.82) is 0 Å². The first kappa shape index (κ1) is 16.2. The fourth-order valence-corrected chi connectivity index (χ4v) is 3.20. The van der Waals surface area contributed by atoms with Crippen LogP contribution in [0.5, 0.6) is 0 Å². The van der Waals surface area contributed by atoms with Crippen LogP contribution in [-0.4, -0.2) is 33.0 Å². The van der Waals surface area contributed by atoms with Crippen LogP contribution < -0.4 is 11.2 Å². The molecule has 2 unspecified atom stereocenters. The van der Waals surface area contributed by atoms with E-state index in [0.717, 1.165) is 22.3 Å². The number of fused-ring (bicyclic) bond motifs is 1. The minimum atomic E-state index is -0.458. The number of hydrogen-bond donors (Lipinski definition) is 2. The topological polar surface area (TPSA) is 84.1 Å². The molecular formula is C20H19N5O. The molecule has 6 heteroatoms. The van der Waals surface area contributed by atoms with Crippen LogP contribution >= 0.6 is 0 Å². The predicted octanol–water partition coefficient (Wildman–Crippen LogP) is 1.60. The highest BCUT2D eigenvalue weighted by Gasteiger charge is 2.30. The first-order chi connectivity index (χ1) is 12.7. The largest absolute Gasteiger partial charge is 0.368 e. The first-order valence-electron chi connectivity index (χ1n) is 8.45. The molecule has 4 rings (SSSR count). The molecule has 1 aliphatic heterocycles. The summed E-state index contributed by atoms with van der Waals surface area (Å²) in [7, 11) is 0. The minimum Gasteiger partial charge on any atom is -0.368 e. The molecule has 2 aliphatic rings. The summed E-state index contributed by atoms with van der Waals surface area (Å²) in [6.07, 6.45) is 13.8. The van der Waals surface area contributed by atoms with E-state index in [4.69, 9.17) is 5.73 Å². The smallest absolute Gasteiger partial charge is 0.242 e. The molecule has 1 amide bonds. The molecule has 0 spiro atoms. The zero-order chi connectivity index (χ0) is 17.9. The van der Waals surface area contributed by atoms with Crippen LogP contribution in [0.4, 0.5) is 0 Å². The van der Waals surface area contributed by atoms with Gasteiger partial charge in [0.25, 0.3) is 0 Å². The maximum atomic E-state index is 12.0. The number of hydrogen-bond acceptors (Lipinski definition) is 5. The van der Waals surface area contributed by atoms with Crippen LogP contribution in [0.15, 0.2) is 79.1 Å². The highest BCUT2D eigenvalue weighted by molar-refractivity contribution is 5.81. The van der Waals surface area contributed by atoms with Gasteiger partial charge in [0.2, 0.25) is 5.91 Å². The van der Waals surface area contributed by atoms with Gasteiger partial charge in [-0.05, 0) is 22.8 Å². The van der Waals surface area contributed by atoms with Gasteiger partial charge >= 0.3 is 0 Å². The summed E-state index contributed by atoms with van der Waals surface area (Å²) in [6.45, 7) is 0. The van der Waals surface area contributed by atoms with Crippen molar-refractivity contribution >= 4 is 11.5 Å². The Morgan fingerprint density at radius 3 is 2.73 bits per heavy atom. The summed E-state index contributed by atoms with van der Waals surface area (Å²) in [5, 5.41) is 1.82.